The second-order valence-corrected chi connectivity index (χ2v) is 2.96. The molecule has 12 heavy (non-hydrogen) atoms. The van der Waals surface area contributed by atoms with E-state index in [1.807, 2.05) is 0 Å². The van der Waals surface area contributed by atoms with Crippen molar-refractivity contribution in [1.82, 2.24) is 0 Å². The molecule has 0 aliphatic rings. The molecule has 1 N–H and O–H groups in total. The van der Waals surface area contributed by atoms with Crippen molar-refractivity contribution in [3.8, 4) is 0 Å². The number of benzene rings is 1. The normalized spacial score (nSPS) is 12.2. The van der Waals surface area contributed by atoms with Gasteiger partial charge >= 0.3 is 0 Å². The number of rotatable bonds is 3. The largest absolute Gasteiger partial charge is 0.434 e. The minimum atomic E-state index is -1.20. The summed E-state index contributed by atoms with van der Waals surface area (Å²) in [4.78, 5) is 9.90. The van der Waals surface area contributed by atoms with Crippen molar-refractivity contribution >= 4 is 22.4 Å². The van der Waals surface area contributed by atoms with E-state index in [2.05, 4.69) is 20.7 Å². The smallest absolute Gasteiger partial charge is 0.295 e. The summed E-state index contributed by atoms with van der Waals surface area (Å²) in [5.41, 5.74) is 0.532. The van der Waals surface area contributed by atoms with Gasteiger partial charge in [-0.15, -0.1) is 0 Å². The summed E-state index contributed by atoms with van der Waals surface area (Å²) in [7, 11) is 0. The van der Waals surface area contributed by atoms with Gasteiger partial charge in [0.25, 0.3) is 6.47 Å². The van der Waals surface area contributed by atoms with E-state index in [0.29, 0.717) is 10.0 Å². The second kappa shape index (κ2) is 4.23. The van der Waals surface area contributed by atoms with Crippen LogP contribution in [-0.4, -0.2) is 11.6 Å². The number of hydrogen-bond acceptors (Lipinski definition) is 3. The molecule has 0 spiro atoms. The molecule has 0 aliphatic carbocycles. The minimum absolute atomic E-state index is 0.212. The monoisotopic (exact) mass is 230 g/mol. The van der Waals surface area contributed by atoms with Gasteiger partial charge in [0.1, 0.15) is 0 Å². The first-order valence-corrected chi connectivity index (χ1v) is 4.06. The van der Waals surface area contributed by atoms with E-state index in [0.717, 1.165) is 0 Å². The lowest BCUT2D eigenvalue weighted by atomic mass is 10.2. The molecule has 1 aromatic rings. The van der Waals surface area contributed by atoms with Crippen molar-refractivity contribution in [3.63, 3.8) is 0 Å². The van der Waals surface area contributed by atoms with Crippen molar-refractivity contribution < 1.29 is 14.6 Å². The van der Waals surface area contributed by atoms with Gasteiger partial charge < -0.3 is 9.84 Å². The fourth-order valence-electron chi connectivity index (χ4n) is 0.801. The first kappa shape index (κ1) is 9.22. The van der Waals surface area contributed by atoms with E-state index in [1.54, 1.807) is 24.3 Å². The Bertz CT molecular complexity index is 275. The molecular formula is C8H7BrO3. The lowest BCUT2D eigenvalue weighted by Gasteiger charge is -2.09. The van der Waals surface area contributed by atoms with E-state index in [9.17, 15) is 9.90 Å². The lowest BCUT2D eigenvalue weighted by Crippen LogP contribution is -2.01. The Morgan fingerprint density at radius 2 is 2.17 bits per heavy atom. The van der Waals surface area contributed by atoms with Gasteiger partial charge in [0.05, 0.1) is 0 Å². The maximum absolute atomic E-state index is 9.90. The number of carbonyl (C=O) groups excluding carboxylic acids is 1. The average Bonchev–Trinajstić information content (AvgIpc) is 2.05. The molecule has 64 valence electrons. The van der Waals surface area contributed by atoms with Crippen LogP contribution in [0.15, 0.2) is 28.7 Å². The Hall–Kier alpha value is -0.870. The third-order valence-electron chi connectivity index (χ3n) is 1.36. The van der Waals surface area contributed by atoms with E-state index in [4.69, 9.17) is 0 Å². The highest BCUT2D eigenvalue weighted by molar-refractivity contribution is 9.10. The fraction of sp³-hybridized carbons (Fsp3) is 0.125. The molecule has 0 amide bonds. The summed E-state index contributed by atoms with van der Waals surface area (Å²) in [6.45, 7) is 0.212. The zero-order valence-corrected chi connectivity index (χ0v) is 7.69. The van der Waals surface area contributed by atoms with Crippen LogP contribution in [-0.2, 0) is 9.53 Å². The molecule has 4 heteroatoms. The van der Waals surface area contributed by atoms with E-state index in [-0.39, 0.29) is 6.47 Å². The number of halogens is 1. The number of aliphatic hydroxyl groups excluding tert-OH is 1. The predicted octanol–water partition coefficient (Wildman–Crippen LogP) is 1.61. The highest BCUT2D eigenvalue weighted by Crippen LogP contribution is 2.22. The first-order valence-electron chi connectivity index (χ1n) is 3.27. The predicted molar refractivity (Wildman–Crippen MR) is 46.3 cm³/mol. The molecule has 1 rings (SSSR count). The highest BCUT2D eigenvalue weighted by Gasteiger charge is 2.09. The molecule has 0 bridgehead atoms. The van der Waals surface area contributed by atoms with Gasteiger partial charge in [0, 0.05) is 10.0 Å². The minimum Gasteiger partial charge on any atom is -0.434 e. The van der Waals surface area contributed by atoms with Crippen molar-refractivity contribution in [2.24, 2.45) is 0 Å². The second-order valence-electron chi connectivity index (χ2n) is 2.11. The highest BCUT2D eigenvalue weighted by atomic mass is 79.9. The average molecular weight is 231 g/mol. The zero-order valence-electron chi connectivity index (χ0n) is 6.11. The Morgan fingerprint density at radius 1 is 1.50 bits per heavy atom. The number of hydrogen-bond donors (Lipinski definition) is 1. The third-order valence-corrected chi connectivity index (χ3v) is 2.08. The molecule has 0 fully saturated rings. The molecule has 0 aromatic heterocycles. The topological polar surface area (TPSA) is 46.5 Å². The van der Waals surface area contributed by atoms with Crippen LogP contribution in [0.25, 0.3) is 0 Å². The molecular weight excluding hydrogens is 224 g/mol. The van der Waals surface area contributed by atoms with Crippen LogP contribution in [0.2, 0.25) is 0 Å². The van der Waals surface area contributed by atoms with Crippen molar-refractivity contribution in [1.29, 1.82) is 0 Å². The SMILES string of the molecule is O=COC(O)c1ccccc1Br. The molecule has 0 saturated heterocycles. The van der Waals surface area contributed by atoms with Gasteiger partial charge in [-0.05, 0) is 6.07 Å². The summed E-state index contributed by atoms with van der Waals surface area (Å²) in [5, 5.41) is 9.22. The molecule has 0 aliphatic heterocycles. The summed E-state index contributed by atoms with van der Waals surface area (Å²) >= 11 is 3.21. The Balaban J connectivity index is 2.86. The maximum atomic E-state index is 9.90. The number of ether oxygens (including phenoxy) is 1. The standard InChI is InChI=1S/C8H7BrO3/c9-7-4-2-1-3-6(7)8(11)12-5-10/h1-5,8,11H. The maximum Gasteiger partial charge on any atom is 0.295 e. The fourth-order valence-corrected chi connectivity index (χ4v) is 1.28. The molecule has 0 heterocycles. The van der Waals surface area contributed by atoms with Crippen molar-refractivity contribution in [2.75, 3.05) is 0 Å². The summed E-state index contributed by atoms with van der Waals surface area (Å²) in [6, 6.07) is 6.98. The van der Waals surface area contributed by atoms with Crippen molar-refractivity contribution in [2.45, 2.75) is 6.29 Å². The van der Waals surface area contributed by atoms with Gasteiger partial charge in [0.15, 0.2) is 0 Å². The summed E-state index contributed by atoms with van der Waals surface area (Å²) in [6.07, 6.45) is -1.20. The molecule has 1 aromatic carbocycles. The van der Waals surface area contributed by atoms with Crippen LogP contribution < -0.4 is 0 Å². The summed E-state index contributed by atoms with van der Waals surface area (Å²) in [5.74, 6) is 0. The van der Waals surface area contributed by atoms with Crippen LogP contribution in [0.4, 0.5) is 0 Å². The Kier molecular flexibility index (Phi) is 3.25. The van der Waals surface area contributed by atoms with Crippen molar-refractivity contribution in [3.05, 3.63) is 34.3 Å². The quantitative estimate of drug-likeness (QED) is 0.635. The molecule has 3 nitrogen and oxygen atoms in total. The number of carbonyl (C=O) groups is 1. The first-order chi connectivity index (χ1) is 5.75. The third kappa shape index (κ3) is 2.06. The Morgan fingerprint density at radius 3 is 2.75 bits per heavy atom. The number of aliphatic hydroxyl groups is 1. The van der Waals surface area contributed by atoms with E-state index >= 15 is 0 Å². The lowest BCUT2D eigenvalue weighted by molar-refractivity contribution is -0.153. The zero-order chi connectivity index (χ0) is 8.97. The van der Waals surface area contributed by atoms with Crippen LogP contribution in [0.3, 0.4) is 0 Å². The van der Waals surface area contributed by atoms with Crippen LogP contribution in [0.1, 0.15) is 11.9 Å². The van der Waals surface area contributed by atoms with E-state index in [1.165, 1.54) is 0 Å². The van der Waals surface area contributed by atoms with Crippen LogP contribution >= 0.6 is 15.9 Å². The van der Waals surface area contributed by atoms with Gasteiger partial charge in [-0.3, -0.25) is 4.79 Å². The Labute approximate surface area is 78.1 Å². The molecule has 1 unspecified atom stereocenters. The van der Waals surface area contributed by atoms with Gasteiger partial charge in [0.2, 0.25) is 6.29 Å². The van der Waals surface area contributed by atoms with Crippen LogP contribution in [0.5, 0.6) is 0 Å². The van der Waals surface area contributed by atoms with E-state index < -0.39 is 6.29 Å². The van der Waals surface area contributed by atoms with Crippen LogP contribution in [0, 0.1) is 0 Å². The molecule has 0 saturated carbocycles. The molecule has 0 radical (unpaired) electrons. The van der Waals surface area contributed by atoms with Gasteiger partial charge in [-0.1, -0.05) is 34.1 Å². The van der Waals surface area contributed by atoms with Gasteiger partial charge in [-0.2, -0.15) is 0 Å². The van der Waals surface area contributed by atoms with Gasteiger partial charge in [-0.25, -0.2) is 0 Å². The summed E-state index contributed by atoms with van der Waals surface area (Å²) < 4.78 is 5.06. The molecule has 1 atom stereocenters.